The number of carbonyl (C=O) groups is 1. The van der Waals surface area contributed by atoms with Crippen LogP contribution in [-0.4, -0.2) is 10.8 Å². The number of ketones is 1. The van der Waals surface area contributed by atoms with Crippen molar-refractivity contribution in [3.63, 3.8) is 0 Å². The van der Waals surface area contributed by atoms with E-state index in [0.717, 1.165) is 5.56 Å². The van der Waals surface area contributed by atoms with E-state index in [1.165, 1.54) is 31.2 Å². The number of anilines is 2. The highest BCUT2D eigenvalue weighted by molar-refractivity contribution is 6.39. The number of aromatic nitrogens is 1. The fourth-order valence-electron chi connectivity index (χ4n) is 3.38. The Hall–Kier alpha value is -3.35. The third-order valence-electron chi connectivity index (χ3n) is 4.81. The van der Waals surface area contributed by atoms with Crippen molar-refractivity contribution in [2.45, 2.75) is 13.5 Å². The van der Waals surface area contributed by atoms with Gasteiger partial charge in [0.15, 0.2) is 11.5 Å². The molecule has 3 aromatic carbocycles. The lowest BCUT2D eigenvalue weighted by atomic mass is 10.1. The van der Waals surface area contributed by atoms with Crippen molar-refractivity contribution in [2.24, 2.45) is 0 Å². The molecule has 4 rings (SSSR count). The van der Waals surface area contributed by atoms with Crippen LogP contribution < -0.4 is 15.5 Å². The maximum absolute atomic E-state index is 13.6. The molecule has 0 saturated carbocycles. The summed E-state index contributed by atoms with van der Waals surface area (Å²) >= 11 is 12.7. The number of nitrogens with one attached hydrogen (secondary N) is 2. The van der Waals surface area contributed by atoms with Gasteiger partial charge in [-0.2, -0.15) is 0 Å². The van der Waals surface area contributed by atoms with Crippen LogP contribution in [-0.2, 0) is 6.61 Å². The molecule has 1 heterocycles. The number of benzene rings is 3. The number of H-pyrrole nitrogens is 1. The van der Waals surface area contributed by atoms with Crippen LogP contribution in [0.15, 0.2) is 65.5 Å². The van der Waals surface area contributed by atoms with E-state index in [-0.39, 0.29) is 44.7 Å². The van der Waals surface area contributed by atoms with Gasteiger partial charge >= 0.3 is 0 Å². The van der Waals surface area contributed by atoms with E-state index in [9.17, 15) is 14.0 Å². The number of rotatable bonds is 6. The van der Waals surface area contributed by atoms with Crippen molar-refractivity contribution < 1.29 is 13.9 Å². The van der Waals surface area contributed by atoms with Gasteiger partial charge in [-0.15, -0.1) is 0 Å². The standard InChI is InChI=1S/C24H17Cl2FN2O3/c1-13(30)19-22(31)20-21(29-24(19)28-16-9-5-8-15(27)10-16)17(25)11-18(26)23(20)32-12-14-6-3-2-4-7-14/h2-11H,12H2,1H3,(H2,28,29,31). The van der Waals surface area contributed by atoms with Gasteiger partial charge in [0, 0.05) is 5.69 Å². The minimum absolute atomic E-state index is 0.0634. The summed E-state index contributed by atoms with van der Waals surface area (Å²) < 4.78 is 19.5. The van der Waals surface area contributed by atoms with Gasteiger partial charge in [0.1, 0.15) is 23.8 Å². The van der Waals surface area contributed by atoms with Crippen molar-refractivity contribution in [1.82, 2.24) is 4.98 Å². The van der Waals surface area contributed by atoms with Crippen LogP contribution in [0, 0.1) is 5.82 Å². The Morgan fingerprint density at radius 1 is 1.06 bits per heavy atom. The molecule has 0 saturated heterocycles. The van der Waals surface area contributed by atoms with E-state index >= 15 is 0 Å². The van der Waals surface area contributed by atoms with Crippen LogP contribution in [0.4, 0.5) is 15.9 Å². The number of aromatic amines is 1. The van der Waals surface area contributed by atoms with Crippen LogP contribution in [0.3, 0.4) is 0 Å². The van der Waals surface area contributed by atoms with Crippen LogP contribution >= 0.6 is 23.2 Å². The molecule has 0 spiro atoms. The van der Waals surface area contributed by atoms with Crippen molar-refractivity contribution in [3.05, 3.63) is 97.9 Å². The number of halogens is 3. The number of hydrogen-bond acceptors (Lipinski definition) is 4. The molecule has 32 heavy (non-hydrogen) atoms. The second kappa shape index (κ2) is 9.02. The maximum atomic E-state index is 13.6. The van der Waals surface area contributed by atoms with Gasteiger partial charge in [-0.3, -0.25) is 9.59 Å². The minimum atomic E-state index is -0.599. The molecule has 0 aliphatic carbocycles. The molecule has 162 valence electrons. The first-order chi connectivity index (χ1) is 15.3. The lowest BCUT2D eigenvalue weighted by Crippen LogP contribution is -2.19. The monoisotopic (exact) mass is 470 g/mol. The Labute approximate surface area is 192 Å². The highest BCUT2D eigenvalue weighted by Crippen LogP contribution is 2.37. The van der Waals surface area contributed by atoms with Crippen molar-refractivity contribution in [3.8, 4) is 5.75 Å². The predicted octanol–water partition coefficient (Wildman–Crippen LogP) is 6.50. The molecule has 8 heteroatoms. The van der Waals surface area contributed by atoms with Crippen LogP contribution in [0.2, 0.25) is 10.0 Å². The Kier molecular flexibility index (Phi) is 6.17. The minimum Gasteiger partial charge on any atom is -0.486 e. The van der Waals surface area contributed by atoms with Crippen LogP contribution in [0.5, 0.6) is 5.75 Å². The Bertz CT molecular complexity index is 1390. The van der Waals surface area contributed by atoms with E-state index in [1.807, 2.05) is 30.3 Å². The summed E-state index contributed by atoms with van der Waals surface area (Å²) in [5.41, 5.74) is 0.725. The third kappa shape index (κ3) is 4.33. The molecule has 0 aliphatic rings. The maximum Gasteiger partial charge on any atom is 0.206 e. The molecule has 2 N–H and O–H groups in total. The summed E-state index contributed by atoms with van der Waals surface area (Å²) in [6.45, 7) is 1.43. The highest BCUT2D eigenvalue weighted by atomic mass is 35.5. The van der Waals surface area contributed by atoms with Crippen LogP contribution in [0.25, 0.3) is 10.9 Å². The van der Waals surface area contributed by atoms with Gasteiger partial charge in [0.2, 0.25) is 5.43 Å². The fraction of sp³-hybridized carbons (Fsp3) is 0.0833. The van der Waals surface area contributed by atoms with Gasteiger partial charge < -0.3 is 15.0 Å². The molecular weight excluding hydrogens is 454 g/mol. The molecule has 0 radical (unpaired) electrons. The van der Waals surface area contributed by atoms with E-state index in [4.69, 9.17) is 27.9 Å². The summed E-state index contributed by atoms with van der Waals surface area (Å²) in [6.07, 6.45) is 0. The molecule has 5 nitrogen and oxygen atoms in total. The summed E-state index contributed by atoms with van der Waals surface area (Å²) in [4.78, 5) is 28.8. The molecule has 4 aromatic rings. The molecule has 0 amide bonds. The van der Waals surface area contributed by atoms with Gasteiger partial charge in [0.25, 0.3) is 0 Å². The number of fused-ring (bicyclic) bond motifs is 1. The molecule has 0 atom stereocenters. The molecular formula is C24H17Cl2FN2O3. The zero-order valence-corrected chi connectivity index (χ0v) is 18.4. The Balaban J connectivity index is 1.89. The highest BCUT2D eigenvalue weighted by Gasteiger charge is 2.23. The number of ether oxygens (including phenoxy) is 1. The number of hydrogen-bond donors (Lipinski definition) is 2. The van der Waals surface area contributed by atoms with E-state index in [0.29, 0.717) is 5.69 Å². The third-order valence-corrected chi connectivity index (χ3v) is 5.39. The first kappa shape index (κ1) is 21.9. The van der Waals surface area contributed by atoms with E-state index < -0.39 is 17.0 Å². The van der Waals surface area contributed by atoms with Gasteiger partial charge in [-0.1, -0.05) is 59.6 Å². The van der Waals surface area contributed by atoms with E-state index in [2.05, 4.69) is 10.3 Å². The summed E-state index contributed by atoms with van der Waals surface area (Å²) in [7, 11) is 0. The number of carbonyl (C=O) groups excluding carboxylic acids is 1. The lowest BCUT2D eigenvalue weighted by Gasteiger charge is -2.16. The average molecular weight is 471 g/mol. The Morgan fingerprint density at radius 3 is 2.50 bits per heavy atom. The first-order valence-corrected chi connectivity index (χ1v) is 10.4. The fourth-order valence-corrected chi connectivity index (χ4v) is 3.94. The second-order valence-electron chi connectivity index (χ2n) is 7.09. The summed E-state index contributed by atoms with van der Waals surface area (Å²) in [5.74, 6) is -0.740. The van der Waals surface area contributed by atoms with Crippen LogP contribution in [0.1, 0.15) is 22.8 Å². The smallest absolute Gasteiger partial charge is 0.206 e. The van der Waals surface area contributed by atoms with Gasteiger partial charge in [0.05, 0.1) is 20.9 Å². The zero-order valence-electron chi connectivity index (χ0n) is 16.8. The Morgan fingerprint density at radius 2 is 1.81 bits per heavy atom. The molecule has 0 fully saturated rings. The SMILES string of the molecule is CC(=O)c1c(Nc2cccc(F)c2)[nH]c2c(Cl)cc(Cl)c(OCc3ccccc3)c2c1=O. The lowest BCUT2D eigenvalue weighted by molar-refractivity contribution is 0.101. The molecule has 0 aliphatic heterocycles. The topological polar surface area (TPSA) is 71.2 Å². The average Bonchev–Trinajstić information content (AvgIpc) is 2.74. The molecule has 0 unspecified atom stereocenters. The predicted molar refractivity (Wildman–Crippen MR) is 125 cm³/mol. The van der Waals surface area contributed by atoms with Gasteiger partial charge in [-0.25, -0.2) is 4.39 Å². The summed E-state index contributed by atoms with van der Waals surface area (Å²) in [5, 5.41) is 3.28. The van der Waals surface area contributed by atoms with Crippen molar-refractivity contribution in [2.75, 3.05) is 5.32 Å². The van der Waals surface area contributed by atoms with Crippen molar-refractivity contribution >= 4 is 51.4 Å². The molecule has 0 bridgehead atoms. The zero-order chi connectivity index (χ0) is 22.8. The number of Topliss-reactive ketones (excluding diaryl/α,β-unsaturated/α-hetero) is 1. The quantitative estimate of drug-likeness (QED) is 0.315. The first-order valence-electron chi connectivity index (χ1n) is 9.63. The second-order valence-corrected chi connectivity index (χ2v) is 7.90. The van der Waals surface area contributed by atoms with Crippen molar-refractivity contribution in [1.29, 1.82) is 0 Å². The summed E-state index contributed by atoms with van der Waals surface area (Å²) in [6, 6.07) is 16.5. The molecule has 1 aromatic heterocycles. The largest absolute Gasteiger partial charge is 0.486 e. The normalized spacial score (nSPS) is 10.9. The van der Waals surface area contributed by atoms with E-state index in [1.54, 1.807) is 6.07 Å². The number of pyridine rings is 1. The van der Waals surface area contributed by atoms with Gasteiger partial charge in [-0.05, 0) is 36.8 Å².